The van der Waals surface area contributed by atoms with Crippen molar-refractivity contribution in [3.05, 3.63) is 69.7 Å². The van der Waals surface area contributed by atoms with Gasteiger partial charge >= 0.3 is 0 Å². The number of nitrogens with zero attached hydrogens (tertiary/aromatic N) is 3. The number of anilines is 3. The van der Waals surface area contributed by atoms with Gasteiger partial charge in [0.1, 0.15) is 5.69 Å². The van der Waals surface area contributed by atoms with Crippen LogP contribution in [0.15, 0.2) is 53.9 Å². The number of rotatable bonds is 4. The zero-order chi connectivity index (χ0) is 19.5. The average molecular weight is 433 g/mol. The molecule has 0 atom stereocenters. The first-order valence-corrected chi connectivity index (χ1v) is 10.5. The van der Waals surface area contributed by atoms with Crippen LogP contribution in [0.5, 0.6) is 0 Å². The van der Waals surface area contributed by atoms with Crippen LogP contribution >= 0.6 is 34.5 Å². The Bertz CT molecular complexity index is 968. The molecule has 0 saturated carbocycles. The van der Waals surface area contributed by atoms with Gasteiger partial charge in [0.05, 0.1) is 0 Å². The second kappa shape index (κ2) is 8.39. The number of hydrogen-bond donors (Lipinski definition) is 1. The third kappa shape index (κ3) is 4.41. The van der Waals surface area contributed by atoms with Crippen LogP contribution < -0.4 is 10.2 Å². The lowest BCUT2D eigenvalue weighted by atomic mass is 10.2. The van der Waals surface area contributed by atoms with E-state index < -0.39 is 0 Å². The second-order valence-electron chi connectivity index (χ2n) is 6.43. The van der Waals surface area contributed by atoms with E-state index >= 15 is 0 Å². The van der Waals surface area contributed by atoms with Crippen molar-refractivity contribution >= 4 is 57.0 Å². The Kier molecular flexibility index (Phi) is 5.71. The van der Waals surface area contributed by atoms with Crippen molar-refractivity contribution in [2.24, 2.45) is 0 Å². The first kappa shape index (κ1) is 19.1. The minimum atomic E-state index is -0.0360. The van der Waals surface area contributed by atoms with Gasteiger partial charge in [-0.15, -0.1) is 11.3 Å². The van der Waals surface area contributed by atoms with Crippen LogP contribution in [0, 0.1) is 0 Å². The van der Waals surface area contributed by atoms with Crippen molar-refractivity contribution in [1.29, 1.82) is 0 Å². The summed E-state index contributed by atoms with van der Waals surface area (Å²) in [6, 6.07) is 15.2. The molecule has 0 spiro atoms. The lowest BCUT2D eigenvalue weighted by molar-refractivity contribution is 0.0742. The molecule has 1 N–H and O–H groups in total. The van der Waals surface area contributed by atoms with Gasteiger partial charge in [0.15, 0.2) is 5.13 Å². The van der Waals surface area contributed by atoms with Gasteiger partial charge in [0, 0.05) is 53.0 Å². The van der Waals surface area contributed by atoms with E-state index in [-0.39, 0.29) is 5.91 Å². The predicted molar refractivity (Wildman–Crippen MR) is 116 cm³/mol. The highest BCUT2D eigenvalue weighted by molar-refractivity contribution is 7.14. The maximum absolute atomic E-state index is 12.8. The lowest BCUT2D eigenvalue weighted by Crippen LogP contribution is -2.48. The molecule has 2 heterocycles. The van der Waals surface area contributed by atoms with E-state index in [0.29, 0.717) is 28.9 Å². The van der Waals surface area contributed by atoms with Gasteiger partial charge in [0.2, 0.25) is 0 Å². The number of benzene rings is 2. The van der Waals surface area contributed by atoms with Gasteiger partial charge in [-0.05, 0) is 42.5 Å². The van der Waals surface area contributed by atoms with Gasteiger partial charge in [-0.2, -0.15) is 0 Å². The summed E-state index contributed by atoms with van der Waals surface area (Å²) in [4.78, 5) is 21.3. The first-order chi connectivity index (χ1) is 13.6. The van der Waals surface area contributed by atoms with E-state index in [4.69, 9.17) is 23.2 Å². The van der Waals surface area contributed by atoms with Crippen molar-refractivity contribution < 1.29 is 4.79 Å². The lowest BCUT2D eigenvalue weighted by Gasteiger charge is -2.35. The van der Waals surface area contributed by atoms with E-state index in [0.717, 1.165) is 29.5 Å². The van der Waals surface area contributed by atoms with Crippen molar-refractivity contribution in [3.63, 3.8) is 0 Å². The molecule has 1 amide bonds. The fourth-order valence-electron chi connectivity index (χ4n) is 3.10. The van der Waals surface area contributed by atoms with Crippen molar-refractivity contribution in [2.75, 3.05) is 36.4 Å². The van der Waals surface area contributed by atoms with Crippen LogP contribution in [0.1, 0.15) is 10.5 Å². The fraction of sp³-hybridized carbons (Fsp3) is 0.200. The molecule has 1 saturated heterocycles. The molecule has 8 heteroatoms. The van der Waals surface area contributed by atoms with E-state index in [1.54, 1.807) is 5.38 Å². The number of thiazole rings is 1. The van der Waals surface area contributed by atoms with Crippen LogP contribution in [0.4, 0.5) is 16.5 Å². The van der Waals surface area contributed by atoms with E-state index in [2.05, 4.69) is 15.2 Å². The Morgan fingerprint density at radius 2 is 1.75 bits per heavy atom. The third-order valence-electron chi connectivity index (χ3n) is 4.56. The predicted octanol–water partition coefficient (Wildman–Crippen LogP) is 5.16. The molecule has 28 heavy (non-hydrogen) atoms. The first-order valence-electron chi connectivity index (χ1n) is 8.86. The van der Waals surface area contributed by atoms with Gasteiger partial charge in [-0.1, -0.05) is 29.3 Å². The maximum atomic E-state index is 12.8. The molecule has 5 nitrogen and oxygen atoms in total. The molecule has 1 aromatic heterocycles. The topological polar surface area (TPSA) is 48.5 Å². The number of aromatic nitrogens is 1. The summed E-state index contributed by atoms with van der Waals surface area (Å²) in [5.41, 5.74) is 2.44. The molecule has 1 aliphatic heterocycles. The minimum Gasteiger partial charge on any atom is -0.368 e. The fourth-order valence-corrected chi connectivity index (χ4v) is 4.12. The minimum absolute atomic E-state index is 0.0360. The van der Waals surface area contributed by atoms with Crippen LogP contribution in [0.25, 0.3) is 0 Å². The summed E-state index contributed by atoms with van der Waals surface area (Å²) in [5, 5.41) is 7.03. The van der Waals surface area contributed by atoms with Crippen LogP contribution in [-0.4, -0.2) is 42.0 Å². The number of carbonyl (C=O) groups is 1. The molecule has 1 aliphatic rings. The SMILES string of the molecule is O=C(c1csc(Nc2cccc(Cl)c2)n1)N1CCN(c2ccc(Cl)cc2)CC1. The Hall–Kier alpha value is -2.28. The molecule has 0 bridgehead atoms. The number of piperazine rings is 1. The van der Waals surface area contributed by atoms with E-state index in [9.17, 15) is 4.79 Å². The van der Waals surface area contributed by atoms with E-state index in [1.165, 1.54) is 11.3 Å². The monoisotopic (exact) mass is 432 g/mol. The molecular formula is C20H18Cl2N4OS. The number of halogens is 2. The highest BCUT2D eigenvalue weighted by Crippen LogP contribution is 2.24. The van der Waals surface area contributed by atoms with Crippen LogP contribution in [0.2, 0.25) is 10.0 Å². The van der Waals surface area contributed by atoms with Crippen molar-refractivity contribution in [2.45, 2.75) is 0 Å². The Labute approximate surface area is 177 Å². The molecule has 2 aromatic carbocycles. The molecule has 4 rings (SSSR count). The standard InChI is InChI=1S/C20H18Cl2N4OS/c21-14-4-6-17(7-5-14)25-8-10-26(11-9-25)19(27)18-13-28-20(24-18)23-16-3-1-2-15(22)12-16/h1-7,12-13H,8-11H2,(H,23,24). The molecule has 0 aliphatic carbocycles. The Morgan fingerprint density at radius 1 is 1.00 bits per heavy atom. The molecule has 0 unspecified atom stereocenters. The molecule has 0 radical (unpaired) electrons. The van der Waals surface area contributed by atoms with Gasteiger partial charge in [0.25, 0.3) is 5.91 Å². The number of hydrogen-bond acceptors (Lipinski definition) is 5. The van der Waals surface area contributed by atoms with Crippen molar-refractivity contribution in [3.8, 4) is 0 Å². The number of nitrogens with one attached hydrogen (secondary N) is 1. The van der Waals surface area contributed by atoms with Gasteiger partial charge < -0.3 is 15.1 Å². The third-order valence-corrected chi connectivity index (χ3v) is 5.80. The van der Waals surface area contributed by atoms with Crippen LogP contribution in [-0.2, 0) is 0 Å². The summed E-state index contributed by atoms with van der Waals surface area (Å²) in [5.74, 6) is -0.0360. The average Bonchev–Trinajstić information content (AvgIpc) is 3.17. The molecule has 1 fully saturated rings. The van der Waals surface area contributed by atoms with E-state index in [1.807, 2.05) is 53.4 Å². The maximum Gasteiger partial charge on any atom is 0.273 e. The van der Waals surface area contributed by atoms with Crippen LogP contribution in [0.3, 0.4) is 0 Å². The van der Waals surface area contributed by atoms with Gasteiger partial charge in [-0.3, -0.25) is 4.79 Å². The summed E-state index contributed by atoms with van der Waals surface area (Å²) in [7, 11) is 0. The summed E-state index contributed by atoms with van der Waals surface area (Å²) < 4.78 is 0. The highest BCUT2D eigenvalue weighted by Gasteiger charge is 2.24. The number of amides is 1. The quantitative estimate of drug-likeness (QED) is 0.618. The summed E-state index contributed by atoms with van der Waals surface area (Å²) in [6.45, 7) is 2.89. The zero-order valence-corrected chi connectivity index (χ0v) is 17.3. The zero-order valence-electron chi connectivity index (χ0n) is 14.9. The highest BCUT2D eigenvalue weighted by atomic mass is 35.5. The molecule has 144 valence electrons. The molecular weight excluding hydrogens is 415 g/mol. The second-order valence-corrected chi connectivity index (χ2v) is 8.16. The number of carbonyl (C=O) groups excluding carboxylic acids is 1. The summed E-state index contributed by atoms with van der Waals surface area (Å²) in [6.07, 6.45) is 0. The normalized spacial score (nSPS) is 14.2. The smallest absolute Gasteiger partial charge is 0.273 e. The van der Waals surface area contributed by atoms with Gasteiger partial charge in [-0.25, -0.2) is 4.98 Å². The molecule has 3 aromatic rings. The van der Waals surface area contributed by atoms with Crippen molar-refractivity contribution in [1.82, 2.24) is 9.88 Å². The summed E-state index contributed by atoms with van der Waals surface area (Å²) >= 11 is 13.4. The Balaban J connectivity index is 1.36. The largest absolute Gasteiger partial charge is 0.368 e. The Morgan fingerprint density at radius 3 is 2.46 bits per heavy atom.